The molecule has 35 heavy (non-hydrogen) atoms. The van der Waals surface area contributed by atoms with Crippen LogP contribution in [0.25, 0.3) is 16.8 Å². The van der Waals surface area contributed by atoms with Crippen LogP contribution in [0.2, 0.25) is 0 Å². The fraction of sp³-hybridized carbons (Fsp3) is 0.500. The van der Waals surface area contributed by atoms with Crippen LogP contribution in [0.1, 0.15) is 44.1 Å². The van der Waals surface area contributed by atoms with Gasteiger partial charge in [0.25, 0.3) is 0 Å². The van der Waals surface area contributed by atoms with Crippen LogP contribution in [-0.4, -0.2) is 69.2 Å². The summed E-state index contributed by atoms with van der Waals surface area (Å²) in [6.07, 6.45) is 7.69. The van der Waals surface area contributed by atoms with Crippen LogP contribution in [0, 0.1) is 5.92 Å². The summed E-state index contributed by atoms with van der Waals surface area (Å²) in [6.45, 7) is 4.15. The Morgan fingerprint density at radius 3 is 2.09 bits per heavy atom. The average Bonchev–Trinajstić information content (AvgIpc) is 3.33. The number of anilines is 1. The fourth-order valence-corrected chi connectivity index (χ4v) is 5.91. The van der Waals surface area contributed by atoms with E-state index in [1.807, 2.05) is 4.90 Å². The van der Waals surface area contributed by atoms with Crippen molar-refractivity contribution < 1.29 is 9.53 Å². The Kier molecular flexibility index (Phi) is 7.43. The van der Waals surface area contributed by atoms with Gasteiger partial charge < -0.3 is 19.4 Å². The highest BCUT2D eigenvalue weighted by molar-refractivity contribution is 5.82. The van der Waals surface area contributed by atoms with Gasteiger partial charge >= 0.3 is 0 Å². The van der Waals surface area contributed by atoms with Gasteiger partial charge in [0.2, 0.25) is 5.91 Å². The molecule has 2 aromatic carbocycles. The number of hydrogen-bond acceptors (Lipinski definition) is 4. The molecule has 3 aliphatic rings. The zero-order valence-corrected chi connectivity index (χ0v) is 21.3. The van der Waals surface area contributed by atoms with Crippen molar-refractivity contribution in [1.82, 2.24) is 9.80 Å². The lowest BCUT2D eigenvalue weighted by Gasteiger charge is -2.31. The first kappa shape index (κ1) is 23.9. The molecule has 1 amide bonds. The maximum Gasteiger partial charge on any atom is 0.242 e. The summed E-state index contributed by atoms with van der Waals surface area (Å²) in [7, 11) is 4.14. The third-order valence-corrected chi connectivity index (χ3v) is 7.93. The number of morpholine rings is 1. The quantitative estimate of drug-likeness (QED) is 0.572. The Hall–Kier alpha value is -2.79. The molecule has 1 saturated carbocycles. The van der Waals surface area contributed by atoms with Gasteiger partial charge in [-0.05, 0) is 59.6 Å². The molecule has 186 valence electrons. The minimum atomic E-state index is 0.230. The fourth-order valence-electron chi connectivity index (χ4n) is 5.91. The summed E-state index contributed by atoms with van der Waals surface area (Å²) in [6, 6.07) is 17.7. The third-order valence-electron chi connectivity index (χ3n) is 7.93. The van der Waals surface area contributed by atoms with E-state index in [0.29, 0.717) is 38.8 Å². The molecule has 2 fully saturated rings. The van der Waals surface area contributed by atoms with E-state index in [-0.39, 0.29) is 5.91 Å². The van der Waals surface area contributed by atoms with Crippen molar-refractivity contribution in [2.75, 3.05) is 58.4 Å². The average molecular weight is 474 g/mol. The maximum absolute atomic E-state index is 13.1. The SMILES string of the molecule is CN(C)c1ccc(-c2ccc(C3=C(C4CCCCC4)CCN3CC(=O)N3CCOCC3)cc2)cc1. The van der Waals surface area contributed by atoms with Gasteiger partial charge in [0.1, 0.15) is 0 Å². The second kappa shape index (κ2) is 10.9. The standard InChI is InChI=1S/C30H39N3O2/c1-31(2)27-14-12-24(13-15-27)23-8-10-26(11-9-23)30-28(25-6-4-3-5-7-25)16-17-33(30)22-29(34)32-18-20-35-21-19-32/h8-15,25H,3-7,16-22H2,1-2H3. The molecule has 0 N–H and O–H groups in total. The molecule has 5 rings (SSSR count). The summed E-state index contributed by atoms with van der Waals surface area (Å²) in [5, 5.41) is 0. The molecule has 2 heterocycles. The van der Waals surface area contributed by atoms with Crippen molar-refractivity contribution in [2.45, 2.75) is 38.5 Å². The van der Waals surface area contributed by atoms with Gasteiger partial charge in [-0.2, -0.15) is 0 Å². The van der Waals surface area contributed by atoms with Gasteiger partial charge in [0.05, 0.1) is 19.8 Å². The normalized spacial score (nSPS) is 19.4. The second-order valence-electron chi connectivity index (χ2n) is 10.4. The van der Waals surface area contributed by atoms with Crippen molar-refractivity contribution in [3.8, 4) is 11.1 Å². The lowest BCUT2D eigenvalue weighted by Crippen LogP contribution is -2.45. The van der Waals surface area contributed by atoms with Crippen LogP contribution in [-0.2, 0) is 9.53 Å². The molecule has 5 heteroatoms. The van der Waals surface area contributed by atoms with Crippen LogP contribution in [0.5, 0.6) is 0 Å². The first-order valence-corrected chi connectivity index (χ1v) is 13.3. The number of nitrogens with zero attached hydrogens (tertiary/aromatic N) is 3. The zero-order valence-electron chi connectivity index (χ0n) is 21.3. The Morgan fingerprint density at radius 1 is 0.857 bits per heavy atom. The Morgan fingerprint density at radius 2 is 1.46 bits per heavy atom. The second-order valence-corrected chi connectivity index (χ2v) is 10.4. The summed E-state index contributed by atoms with van der Waals surface area (Å²) >= 11 is 0. The summed E-state index contributed by atoms with van der Waals surface area (Å²) in [5.41, 5.74) is 7.84. The van der Waals surface area contributed by atoms with Crippen molar-refractivity contribution in [2.24, 2.45) is 5.92 Å². The molecule has 5 nitrogen and oxygen atoms in total. The largest absolute Gasteiger partial charge is 0.378 e. The van der Waals surface area contributed by atoms with Crippen LogP contribution in [0.3, 0.4) is 0 Å². The molecule has 0 spiro atoms. The molecular weight excluding hydrogens is 434 g/mol. The van der Waals surface area contributed by atoms with Crippen LogP contribution >= 0.6 is 0 Å². The summed E-state index contributed by atoms with van der Waals surface area (Å²) < 4.78 is 5.45. The monoisotopic (exact) mass is 473 g/mol. The van der Waals surface area contributed by atoms with Crippen molar-refractivity contribution in [3.63, 3.8) is 0 Å². The molecule has 2 aromatic rings. The number of ether oxygens (including phenoxy) is 1. The van der Waals surface area contributed by atoms with Gasteiger partial charge in [-0.25, -0.2) is 0 Å². The predicted molar refractivity (Wildman–Crippen MR) is 143 cm³/mol. The van der Waals surface area contributed by atoms with E-state index >= 15 is 0 Å². The van der Waals surface area contributed by atoms with Crippen molar-refractivity contribution >= 4 is 17.3 Å². The van der Waals surface area contributed by atoms with Crippen LogP contribution in [0.15, 0.2) is 54.1 Å². The minimum Gasteiger partial charge on any atom is -0.378 e. The van der Waals surface area contributed by atoms with E-state index in [1.54, 1.807) is 5.57 Å². The molecule has 0 aromatic heterocycles. The van der Waals surface area contributed by atoms with Gasteiger partial charge in [0, 0.05) is 45.1 Å². The number of amides is 1. The molecule has 0 atom stereocenters. The molecule has 1 aliphatic carbocycles. The first-order chi connectivity index (χ1) is 17.1. The van der Waals surface area contributed by atoms with E-state index in [1.165, 1.54) is 60.2 Å². The third kappa shape index (κ3) is 5.40. The van der Waals surface area contributed by atoms with Gasteiger partial charge in [-0.3, -0.25) is 4.79 Å². The highest BCUT2D eigenvalue weighted by atomic mass is 16.5. The molecule has 0 bridgehead atoms. The number of benzene rings is 2. The first-order valence-electron chi connectivity index (χ1n) is 13.3. The highest BCUT2D eigenvalue weighted by Crippen LogP contribution is 2.41. The lowest BCUT2D eigenvalue weighted by molar-refractivity contribution is -0.135. The highest BCUT2D eigenvalue weighted by Gasteiger charge is 2.31. The predicted octanol–water partition coefficient (Wildman–Crippen LogP) is 5.28. The number of rotatable bonds is 6. The molecule has 0 radical (unpaired) electrons. The molecular formula is C30H39N3O2. The Labute approximate surface area is 210 Å². The number of hydrogen-bond donors (Lipinski definition) is 0. The van der Waals surface area contributed by atoms with E-state index in [0.717, 1.165) is 13.0 Å². The van der Waals surface area contributed by atoms with Gasteiger partial charge in [-0.15, -0.1) is 0 Å². The van der Waals surface area contributed by atoms with Crippen molar-refractivity contribution in [3.05, 3.63) is 59.7 Å². The van der Waals surface area contributed by atoms with Crippen LogP contribution in [0.4, 0.5) is 5.69 Å². The summed E-state index contributed by atoms with van der Waals surface area (Å²) in [4.78, 5) is 19.6. The van der Waals surface area contributed by atoms with E-state index < -0.39 is 0 Å². The van der Waals surface area contributed by atoms with Gasteiger partial charge in [0.15, 0.2) is 0 Å². The molecule has 2 aliphatic heterocycles. The van der Waals surface area contributed by atoms with E-state index in [2.05, 4.69) is 72.4 Å². The zero-order chi connectivity index (χ0) is 24.2. The van der Waals surface area contributed by atoms with Gasteiger partial charge in [-0.1, -0.05) is 55.7 Å². The van der Waals surface area contributed by atoms with E-state index in [9.17, 15) is 4.79 Å². The van der Waals surface area contributed by atoms with Crippen molar-refractivity contribution in [1.29, 1.82) is 0 Å². The smallest absolute Gasteiger partial charge is 0.242 e. The number of carbonyl (C=O) groups is 1. The minimum absolute atomic E-state index is 0.230. The molecule has 0 unspecified atom stereocenters. The lowest BCUT2D eigenvalue weighted by atomic mass is 9.81. The number of carbonyl (C=O) groups excluding carboxylic acids is 1. The van der Waals surface area contributed by atoms with Crippen LogP contribution < -0.4 is 4.90 Å². The van der Waals surface area contributed by atoms with E-state index in [4.69, 9.17) is 4.74 Å². The maximum atomic E-state index is 13.1. The topological polar surface area (TPSA) is 36.0 Å². The Bertz CT molecular complexity index is 1030. The summed E-state index contributed by atoms with van der Waals surface area (Å²) in [5.74, 6) is 0.897. The molecule has 1 saturated heterocycles. The Balaban J connectivity index is 1.40.